The molecular weight excluding hydrogens is 232 g/mol. The van der Waals surface area contributed by atoms with Crippen LogP contribution < -0.4 is 10.5 Å². The summed E-state index contributed by atoms with van der Waals surface area (Å²) >= 11 is 0. The number of amides is 1. The van der Waals surface area contributed by atoms with Gasteiger partial charge in [-0.15, -0.1) is 0 Å². The minimum atomic E-state index is -0.0381. The van der Waals surface area contributed by atoms with Gasteiger partial charge in [-0.25, -0.2) is 4.98 Å². The van der Waals surface area contributed by atoms with Crippen LogP contribution in [-0.2, 0) is 11.3 Å². The highest BCUT2D eigenvalue weighted by Crippen LogP contribution is 2.26. The minimum absolute atomic E-state index is 0.0381. The number of carbonyl (C=O) groups is 1. The number of rotatable bonds is 3. The highest BCUT2D eigenvalue weighted by Gasteiger charge is 2.15. The third-order valence-corrected chi connectivity index (χ3v) is 2.78. The van der Waals surface area contributed by atoms with Gasteiger partial charge in [0.05, 0.1) is 12.6 Å². The van der Waals surface area contributed by atoms with Gasteiger partial charge >= 0.3 is 0 Å². The summed E-state index contributed by atoms with van der Waals surface area (Å²) in [5, 5.41) is 0. The van der Waals surface area contributed by atoms with E-state index >= 15 is 0 Å². The summed E-state index contributed by atoms with van der Waals surface area (Å²) in [5.41, 5.74) is 7.31. The van der Waals surface area contributed by atoms with E-state index in [2.05, 4.69) is 4.98 Å². The van der Waals surface area contributed by atoms with Gasteiger partial charge in [-0.3, -0.25) is 4.79 Å². The summed E-state index contributed by atoms with van der Waals surface area (Å²) in [6, 6.07) is 5.52. The molecular formula is C12H16N4O2. The maximum atomic E-state index is 11.8. The number of nitrogens with two attached hydrogens (primary N) is 1. The van der Waals surface area contributed by atoms with Crippen molar-refractivity contribution in [2.24, 2.45) is 0 Å². The van der Waals surface area contributed by atoms with Gasteiger partial charge < -0.3 is 19.9 Å². The van der Waals surface area contributed by atoms with Crippen molar-refractivity contribution in [1.29, 1.82) is 0 Å². The van der Waals surface area contributed by atoms with Crippen LogP contribution >= 0.6 is 0 Å². The summed E-state index contributed by atoms with van der Waals surface area (Å²) in [7, 11) is 4.99. The van der Waals surface area contributed by atoms with Gasteiger partial charge in [0.15, 0.2) is 0 Å². The average molecular weight is 248 g/mol. The van der Waals surface area contributed by atoms with Crippen molar-refractivity contribution >= 4 is 22.9 Å². The van der Waals surface area contributed by atoms with Crippen LogP contribution in [0.15, 0.2) is 18.2 Å². The summed E-state index contributed by atoms with van der Waals surface area (Å²) < 4.78 is 6.90. The van der Waals surface area contributed by atoms with Crippen molar-refractivity contribution in [3.63, 3.8) is 0 Å². The van der Waals surface area contributed by atoms with Crippen LogP contribution in [-0.4, -0.2) is 41.6 Å². The Labute approximate surface area is 105 Å². The molecule has 0 bridgehead atoms. The zero-order valence-corrected chi connectivity index (χ0v) is 10.7. The van der Waals surface area contributed by atoms with E-state index in [9.17, 15) is 4.79 Å². The third kappa shape index (κ3) is 1.97. The molecule has 0 unspecified atom stereocenters. The Bertz CT molecular complexity index is 589. The largest absolute Gasteiger partial charge is 0.494 e. The monoisotopic (exact) mass is 248 g/mol. The molecule has 6 heteroatoms. The highest BCUT2D eigenvalue weighted by atomic mass is 16.5. The standard InChI is InChI=1S/C12H16N4O2/c1-15(2)10(17)7-16-8-5-4-6-9(18-3)11(8)14-12(16)13/h4-6H,7H2,1-3H3,(H2,13,14). The Kier molecular flexibility index (Phi) is 3.10. The fraction of sp³-hybridized carbons (Fsp3) is 0.333. The molecule has 0 spiro atoms. The number of fused-ring (bicyclic) bond motifs is 1. The Morgan fingerprint density at radius 3 is 2.83 bits per heavy atom. The van der Waals surface area contributed by atoms with Crippen LogP contribution in [0.3, 0.4) is 0 Å². The van der Waals surface area contributed by atoms with Crippen molar-refractivity contribution in [3.8, 4) is 5.75 Å². The normalized spacial score (nSPS) is 10.6. The molecule has 1 aromatic heterocycles. The van der Waals surface area contributed by atoms with Gasteiger partial charge in [-0.2, -0.15) is 0 Å². The van der Waals surface area contributed by atoms with Gasteiger partial charge in [0.1, 0.15) is 17.8 Å². The number of methoxy groups -OCH3 is 1. The summed E-state index contributed by atoms with van der Waals surface area (Å²) in [6.07, 6.45) is 0. The molecule has 6 nitrogen and oxygen atoms in total. The molecule has 2 aromatic rings. The smallest absolute Gasteiger partial charge is 0.242 e. The summed E-state index contributed by atoms with van der Waals surface area (Å²) in [6.45, 7) is 0.169. The zero-order valence-electron chi connectivity index (χ0n) is 10.7. The molecule has 0 saturated carbocycles. The van der Waals surface area contributed by atoms with Gasteiger partial charge in [0, 0.05) is 14.1 Å². The number of hydrogen-bond acceptors (Lipinski definition) is 4. The molecule has 0 fully saturated rings. The fourth-order valence-electron chi connectivity index (χ4n) is 1.75. The van der Waals surface area contributed by atoms with Crippen LogP contribution in [0.1, 0.15) is 0 Å². The number of anilines is 1. The van der Waals surface area contributed by atoms with Gasteiger partial charge in [0.2, 0.25) is 11.9 Å². The first-order valence-electron chi connectivity index (χ1n) is 5.53. The second kappa shape index (κ2) is 4.56. The molecule has 1 amide bonds. The van der Waals surface area contributed by atoms with Crippen molar-refractivity contribution < 1.29 is 9.53 Å². The van der Waals surface area contributed by atoms with Crippen molar-refractivity contribution in [3.05, 3.63) is 18.2 Å². The number of nitrogens with zero attached hydrogens (tertiary/aromatic N) is 3. The molecule has 1 heterocycles. The lowest BCUT2D eigenvalue weighted by molar-refractivity contribution is -0.129. The number of likely N-dealkylation sites (N-methyl/N-ethyl adjacent to an activating group) is 1. The molecule has 0 aliphatic carbocycles. The van der Waals surface area contributed by atoms with E-state index in [4.69, 9.17) is 10.5 Å². The molecule has 0 aliphatic heterocycles. The topological polar surface area (TPSA) is 73.4 Å². The summed E-state index contributed by atoms with van der Waals surface area (Å²) in [4.78, 5) is 17.5. The molecule has 2 N–H and O–H groups in total. The van der Waals surface area contributed by atoms with E-state index in [1.54, 1.807) is 25.8 Å². The number of hydrogen-bond donors (Lipinski definition) is 1. The Morgan fingerprint density at radius 1 is 1.50 bits per heavy atom. The second-order valence-corrected chi connectivity index (χ2v) is 4.17. The first-order chi connectivity index (χ1) is 8.54. The second-order valence-electron chi connectivity index (χ2n) is 4.17. The third-order valence-electron chi connectivity index (χ3n) is 2.78. The number of carbonyl (C=O) groups excluding carboxylic acids is 1. The first-order valence-corrected chi connectivity index (χ1v) is 5.53. The van der Waals surface area contributed by atoms with Crippen molar-refractivity contribution in [2.45, 2.75) is 6.54 Å². The quantitative estimate of drug-likeness (QED) is 0.868. The van der Waals surface area contributed by atoms with Crippen LogP contribution in [0.5, 0.6) is 5.75 Å². The Hall–Kier alpha value is -2.24. The molecule has 0 aliphatic rings. The van der Waals surface area contributed by atoms with E-state index in [0.29, 0.717) is 17.2 Å². The van der Waals surface area contributed by atoms with Crippen molar-refractivity contribution in [1.82, 2.24) is 14.5 Å². The van der Waals surface area contributed by atoms with Gasteiger partial charge in [-0.05, 0) is 12.1 Å². The number of imidazole rings is 1. The molecule has 1 aromatic carbocycles. The summed E-state index contributed by atoms with van der Waals surface area (Å²) in [5.74, 6) is 0.920. The van der Waals surface area contributed by atoms with E-state index < -0.39 is 0 Å². The number of nitrogen functional groups attached to an aromatic ring is 1. The predicted molar refractivity (Wildman–Crippen MR) is 69.4 cm³/mol. The van der Waals surface area contributed by atoms with Crippen LogP contribution in [0.2, 0.25) is 0 Å². The van der Waals surface area contributed by atoms with Crippen LogP contribution in [0.25, 0.3) is 11.0 Å². The van der Waals surface area contributed by atoms with Crippen LogP contribution in [0, 0.1) is 0 Å². The zero-order chi connectivity index (χ0) is 13.3. The molecule has 96 valence electrons. The maximum absolute atomic E-state index is 11.8. The Balaban J connectivity index is 2.51. The molecule has 0 atom stereocenters. The fourth-order valence-corrected chi connectivity index (χ4v) is 1.75. The number of benzene rings is 1. The molecule has 0 saturated heterocycles. The molecule has 0 radical (unpaired) electrons. The number of ether oxygens (including phenoxy) is 1. The lowest BCUT2D eigenvalue weighted by Crippen LogP contribution is -2.26. The molecule has 18 heavy (non-hydrogen) atoms. The number of para-hydroxylation sites is 1. The average Bonchev–Trinajstić information content (AvgIpc) is 2.65. The van der Waals surface area contributed by atoms with Gasteiger partial charge in [0.25, 0.3) is 0 Å². The lowest BCUT2D eigenvalue weighted by atomic mass is 10.3. The van der Waals surface area contributed by atoms with Crippen LogP contribution in [0.4, 0.5) is 5.95 Å². The first kappa shape index (κ1) is 12.2. The predicted octanol–water partition coefficient (Wildman–Crippen LogP) is 0.715. The van der Waals surface area contributed by atoms with E-state index in [1.807, 2.05) is 18.2 Å². The molecule has 2 rings (SSSR count). The maximum Gasteiger partial charge on any atom is 0.242 e. The van der Waals surface area contributed by atoms with Gasteiger partial charge in [-0.1, -0.05) is 6.07 Å². The highest BCUT2D eigenvalue weighted by molar-refractivity contribution is 5.86. The minimum Gasteiger partial charge on any atom is -0.494 e. The van der Waals surface area contributed by atoms with E-state index in [1.165, 1.54) is 4.90 Å². The van der Waals surface area contributed by atoms with E-state index in [-0.39, 0.29) is 12.5 Å². The Morgan fingerprint density at radius 2 is 2.22 bits per heavy atom. The van der Waals surface area contributed by atoms with Crippen molar-refractivity contribution in [2.75, 3.05) is 26.9 Å². The SMILES string of the molecule is COc1cccc2c1nc(N)n2CC(=O)N(C)C. The van der Waals surface area contributed by atoms with E-state index in [0.717, 1.165) is 5.52 Å². The number of aromatic nitrogens is 2. The lowest BCUT2D eigenvalue weighted by Gasteiger charge is -2.12.